The van der Waals surface area contributed by atoms with E-state index in [0.29, 0.717) is 5.57 Å². The smallest absolute Gasteiger partial charge is 0.232 e. The summed E-state index contributed by atoms with van der Waals surface area (Å²) in [6, 6.07) is 11.5. The van der Waals surface area contributed by atoms with Gasteiger partial charge in [-0.05, 0) is 24.3 Å². The van der Waals surface area contributed by atoms with Gasteiger partial charge in [0.2, 0.25) is 11.8 Å². The van der Waals surface area contributed by atoms with Crippen molar-refractivity contribution in [2.75, 3.05) is 10.6 Å². The highest BCUT2D eigenvalue weighted by molar-refractivity contribution is 6.08. The first-order valence-corrected chi connectivity index (χ1v) is 7.28. The number of rotatable bonds is 4. The Balaban J connectivity index is 1.66. The summed E-state index contributed by atoms with van der Waals surface area (Å²) in [5, 5.41) is 4.87. The molecule has 6 heteroatoms. The second-order valence-corrected chi connectivity index (χ2v) is 5.47. The SMILES string of the molecule is C=C1[C@@H](C(=O)Nc2ccccc2F)[C@@H]1C(=O)Nc1ccccc1F. The highest BCUT2D eigenvalue weighted by atomic mass is 19.1. The summed E-state index contributed by atoms with van der Waals surface area (Å²) in [6.07, 6.45) is 0. The van der Waals surface area contributed by atoms with Crippen molar-refractivity contribution in [2.45, 2.75) is 0 Å². The second-order valence-electron chi connectivity index (χ2n) is 5.47. The maximum Gasteiger partial charge on any atom is 0.232 e. The van der Waals surface area contributed by atoms with Crippen LogP contribution in [0.1, 0.15) is 0 Å². The molecule has 1 aliphatic rings. The van der Waals surface area contributed by atoms with Crippen LogP contribution in [0.5, 0.6) is 0 Å². The molecule has 0 aromatic heterocycles. The minimum Gasteiger partial charge on any atom is -0.323 e. The number of amides is 2. The van der Waals surface area contributed by atoms with E-state index in [1.807, 2.05) is 0 Å². The summed E-state index contributed by atoms with van der Waals surface area (Å²) < 4.78 is 27.1. The Morgan fingerprint density at radius 1 is 0.792 bits per heavy atom. The van der Waals surface area contributed by atoms with Crippen molar-refractivity contribution in [3.8, 4) is 0 Å². The molecule has 2 amide bonds. The topological polar surface area (TPSA) is 58.2 Å². The van der Waals surface area contributed by atoms with Gasteiger partial charge in [-0.1, -0.05) is 36.4 Å². The molecule has 1 aliphatic carbocycles. The Bertz CT molecular complexity index is 768. The normalized spacial score (nSPS) is 18.8. The van der Waals surface area contributed by atoms with E-state index in [9.17, 15) is 18.4 Å². The lowest BCUT2D eigenvalue weighted by molar-refractivity contribution is -0.122. The molecule has 0 saturated heterocycles. The van der Waals surface area contributed by atoms with Gasteiger partial charge in [-0.3, -0.25) is 9.59 Å². The van der Waals surface area contributed by atoms with Crippen LogP contribution in [0.2, 0.25) is 0 Å². The second kappa shape index (κ2) is 6.23. The molecule has 2 aromatic rings. The van der Waals surface area contributed by atoms with E-state index in [1.54, 1.807) is 12.1 Å². The number of hydrogen-bond acceptors (Lipinski definition) is 2. The molecule has 122 valence electrons. The zero-order valence-electron chi connectivity index (χ0n) is 12.6. The van der Waals surface area contributed by atoms with Crippen LogP contribution in [-0.2, 0) is 9.59 Å². The maximum absolute atomic E-state index is 13.6. The van der Waals surface area contributed by atoms with Gasteiger partial charge in [0.25, 0.3) is 0 Å². The molecule has 0 bridgehead atoms. The molecular formula is C18H14F2N2O2. The van der Waals surface area contributed by atoms with E-state index in [0.717, 1.165) is 0 Å². The monoisotopic (exact) mass is 328 g/mol. The Morgan fingerprint density at radius 3 is 1.54 bits per heavy atom. The maximum atomic E-state index is 13.6. The Hall–Kier alpha value is -3.02. The van der Waals surface area contributed by atoms with Crippen LogP contribution in [0.4, 0.5) is 20.2 Å². The van der Waals surface area contributed by atoms with Crippen LogP contribution in [0.3, 0.4) is 0 Å². The third kappa shape index (κ3) is 3.03. The fourth-order valence-electron chi connectivity index (χ4n) is 2.50. The van der Waals surface area contributed by atoms with E-state index in [4.69, 9.17) is 0 Å². The lowest BCUT2D eigenvalue weighted by Gasteiger charge is -2.07. The predicted molar refractivity (Wildman–Crippen MR) is 86.2 cm³/mol. The third-order valence-electron chi connectivity index (χ3n) is 3.85. The van der Waals surface area contributed by atoms with Gasteiger partial charge in [0, 0.05) is 0 Å². The van der Waals surface area contributed by atoms with E-state index in [1.165, 1.54) is 36.4 Å². The van der Waals surface area contributed by atoms with Crippen molar-refractivity contribution in [1.29, 1.82) is 0 Å². The van der Waals surface area contributed by atoms with Gasteiger partial charge in [-0.15, -0.1) is 0 Å². The van der Waals surface area contributed by atoms with Gasteiger partial charge >= 0.3 is 0 Å². The molecule has 2 aromatic carbocycles. The number of carbonyl (C=O) groups excluding carboxylic acids is 2. The highest BCUT2D eigenvalue weighted by Crippen LogP contribution is 2.45. The standard InChI is InChI=1S/C18H14F2N2O2/c1-10-15(17(23)21-13-8-4-2-6-11(13)19)16(10)18(24)22-14-9-5-3-7-12(14)20/h2-9,15-16H,1H2,(H,21,23)(H,22,24)/t15-,16-/m1/s1. The minimum absolute atomic E-state index is 0.0375. The van der Waals surface area contributed by atoms with Crippen molar-refractivity contribution < 1.29 is 18.4 Å². The fraction of sp³-hybridized carbons (Fsp3) is 0.111. The molecule has 0 unspecified atom stereocenters. The summed E-state index contributed by atoms with van der Waals surface area (Å²) in [5.41, 5.74) is 0.489. The Morgan fingerprint density at radius 2 is 1.17 bits per heavy atom. The van der Waals surface area contributed by atoms with Gasteiger partial charge < -0.3 is 10.6 Å². The van der Waals surface area contributed by atoms with E-state index < -0.39 is 35.3 Å². The summed E-state index contributed by atoms with van der Waals surface area (Å²) in [5.74, 6) is -3.67. The summed E-state index contributed by atoms with van der Waals surface area (Å²) in [7, 11) is 0. The van der Waals surface area contributed by atoms with Crippen molar-refractivity contribution in [3.05, 3.63) is 72.3 Å². The Kier molecular flexibility index (Phi) is 4.12. The molecule has 1 saturated carbocycles. The van der Waals surface area contributed by atoms with Crippen molar-refractivity contribution >= 4 is 23.2 Å². The quantitative estimate of drug-likeness (QED) is 0.846. The first-order chi connectivity index (χ1) is 11.5. The number of carbonyl (C=O) groups is 2. The Labute approximate surface area is 137 Å². The van der Waals surface area contributed by atoms with Gasteiger partial charge in [-0.2, -0.15) is 0 Å². The average molecular weight is 328 g/mol. The van der Waals surface area contributed by atoms with Gasteiger partial charge in [0.05, 0.1) is 23.2 Å². The molecule has 0 heterocycles. The number of benzene rings is 2. The van der Waals surface area contributed by atoms with Gasteiger partial charge in [-0.25, -0.2) is 8.78 Å². The summed E-state index contributed by atoms with van der Waals surface area (Å²) in [4.78, 5) is 24.4. The molecule has 4 nitrogen and oxygen atoms in total. The zero-order valence-corrected chi connectivity index (χ0v) is 12.6. The fourth-order valence-corrected chi connectivity index (χ4v) is 2.50. The molecular weight excluding hydrogens is 314 g/mol. The van der Waals surface area contributed by atoms with Crippen molar-refractivity contribution in [1.82, 2.24) is 0 Å². The van der Waals surface area contributed by atoms with Crippen molar-refractivity contribution in [2.24, 2.45) is 11.8 Å². The molecule has 3 rings (SSSR count). The first kappa shape index (κ1) is 15.9. The first-order valence-electron chi connectivity index (χ1n) is 7.28. The van der Waals surface area contributed by atoms with Crippen LogP contribution in [0, 0.1) is 23.5 Å². The average Bonchev–Trinajstić information content (AvgIpc) is 3.23. The largest absolute Gasteiger partial charge is 0.323 e. The zero-order chi connectivity index (χ0) is 17.3. The van der Waals surface area contributed by atoms with Crippen LogP contribution in [0.15, 0.2) is 60.7 Å². The predicted octanol–water partition coefficient (Wildman–Crippen LogP) is 3.34. The van der Waals surface area contributed by atoms with Crippen molar-refractivity contribution in [3.63, 3.8) is 0 Å². The summed E-state index contributed by atoms with van der Waals surface area (Å²) >= 11 is 0. The van der Waals surface area contributed by atoms with Gasteiger partial charge in [0.1, 0.15) is 11.6 Å². The number of halogens is 2. The van der Waals surface area contributed by atoms with E-state index >= 15 is 0 Å². The molecule has 0 radical (unpaired) electrons. The number of nitrogens with one attached hydrogen (secondary N) is 2. The van der Waals surface area contributed by atoms with E-state index in [2.05, 4.69) is 17.2 Å². The van der Waals surface area contributed by atoms with E-state index in [-0.39, 0.29) is 11.4 Å². The molecule has 1 fully saturated rings. The van der Waals surface area contributed by atoms with Crippen LogP contribution in [0.25, 0.3) is 0 Å². The molecule has 0 aliphatic heterocycles. The minimum atomic E-state index is -0.753. The molecule has 2 N–H and O–H groups in total. The number of para-hydroxylation sites is 2. The third-order valence-corrected chi connectivity index (χ3v) is 3.85. The van der Waals surface area contributed by atoms with Gasteiger partial charge in [0.15, 0.2) is 0 Å². The molecule has 24 heavy (non-hydrogen) atoms. The molecule has 0 spiro atoms. The summed E-state index contributed by atoms with van der Waals surface area (Å²) in [6.45, 7) is 3.69. The number of anilines is 2. The molecule has 2 atom stereocenters. The van der Waals surface area contributed by atoms with Crippen LogP contribution >= 0.6 is 0 Å². The number of hydrogen-bond donors (Lipinski definition) is 2. The highest BCUT2D eigenvalue weighted by Gasteiger charge is 2.52. The lowest BCUT2D eigenvalue weighted by atomic mass is 10.2. The van der Waals surface area contributed by atoms with Crippen LogP contribution < -0.4 is 10.6 Å². The van der Waals surface area contributed by atoms with Crippen LogP contribution in [-0.4, -0.2) is 11.8 Å². The lowest BCUT2D eigenvalue weighted by Crippen LogP contribution is -2.21.